The van der Waals surface area contributed by atoms with E-state index in [1.54, 1.807) is 7.11 Å². The van der Waals surface area contributed by atoms with E-state index >= 15 is 0 Å². The Hall–Kier alpha value is -0.610. The quantitative estimate of drug-likeness (QED) is 0.538. The van der Waals surface area contributed by atoms with Crippen LogP contribution in [0.4, 0.5) is 0 Å². The van der Waals surface area contributed by atoms with Gasteiger partial charge in [0.2, 0.25) is 5.91 Å². The van der Waals surface area contributed by atoms with Crippen LogP contribution in [0.25, 0.3) is 0 Å². The third-order valence-electron chi connectivity index (χ3n) is 3.58. The Morgan fingerprint density at radius 2 is 1.89 bits per heavy atom. The summed E-state index contributed by atoms with van der Waals surface area (Å²) >= 11 is 0. The van der Waals surface area contributed by atoms with Crippen molar-refractivity contribution in [2.75, 3.05) is 26.8 Å². The van der Waals surface area contributed by atoms with Crippen LogP contribution in [0.3, 0.4) is 0 Å². The molecule has 1 rings (SSSR count). The molecule has 2 N–H and O–H groups in total. The molecule has 1 amide bonds. The first-order valence-corrected chi connectivity index (χ1v) is 7.24. The molecule has 0 heterocycles. The highest BCUT2D eigenvalue weighted by atomic mass is 16.5. The number of carbonyl (C=O) groups excluding carboxylic acids is 1. The molecule has 106 valence electrons. The second-order valence-corrected chi connectivity index (χ2v) is 5.29. The highest BCUT2D eigenvalue weighted by Gasteiger charge is 2.13. The number of rotatable bonds is 7. The Labute approximate surface area is 111 Å². The van der Waals surface area contributed by atoms with Gasteiger partial charge in [0.25, 0.3) is 0 Å². The minimum Gasteiger partial charge on any atom is -0.384 e. The highest BCUT2D eigenvalue weighted by molar-refractivity contribution is 5.78. The fourth-order valence-electron chi connectivity index (χ4n) is 2.45. The van der Waals surface area contributed by atoms with Crippen LogP contribution in [0.15, 0.2) is 0 Å². The summed E-state index contributed by atoms with van der Waals surface area (Å²) in [5, 5.41) is 6.48. The summed E-state index contributed by atoms with van der Waals surface area (Å²) < 4.78 is 4.96. The fraction of sp³-hybridized carbons (Fsp3) is 0.929. The molecule has 0 aliphatic heterocycles. The number of hydrogen-bond acceptors (Lipinski definition) is 3. The standard InChI is InChI=1S/C14H28N2O2/c1-12(11-18-2)14(17)16-10-9-15-13-7-5-3-4-6-8-13/h12-13,15H,3-11H2,1-2H3,(H,16,17)/t12-/m1/s1. The van der Waals surface area contributed by atoms with Crippen LogP contribution in [-0.2, 0) is 9.53 Å². The summed E-state index contributed by atoms with van der Waals surface area (Å²) in [6.07, 6.45) is 8.01. The lowest BCUT2D eigenvalue weighted by Crippen LogP contribution is -2.39. The first kappa shape index (κ1) is 15.4. The molecule has 18 heavy (non-hydrogen) atoms. The monoisotopic (exact) mass is 256 g/mol. The first-order chi connectivity index (χ1) is 8.74. The zero-order valence-electron chi connectivity index (χ0n) is 11.8. The summed E-state index contributed by atoms with van der Waals surface area (Å²) in [4.78, 5) is 11.6. The van der Waals surface area contributed by atoms with Crippen LogP contribution in [-0.4, -0.2) is 38.8 Å². The number of hydrogen-bond donors (Lipinski definition) is 2. The Morgan fingerprint density at radius 1 is 1.22 bits per heavy atom. The van der Waals surface area contributed by atoms with E-state index in [0.29, 0.717) is 19.2 Å². The van der Waals surface area contributed by atoms with Crippen LogP contribution in [0.1, 0.15) is 45.4 Å². The molecule has 1 aliphatic rings. The maximum atomic E-state index is 11.6. The number of ether oxygens (including phenoxy) is 1. The summed E-state index contributed by atoms with van der Waals surface area (Å²) in [7, 11) is 1.62. The molecule has 0 unspecified atom stereocenters. The van der Waals surface area contributed by atoms with Gasteiger partial charge in [-0.25, -0.2) is 0 Å². The van der Waals surface area contributed by atoms with Crippen LogP contribution in [0.5, 0.6) is 0 Å². The Kier molecular flexibility index (Phi) is 8.01. The topological polar surface area (TPSA) is 50.4 Å². The maximum Gasteiger partial charge on any atom is 0.225 e. The number of nitrogens with one attached hydrogen (secondary N) is 2. The molecule has 4 nitrogen and oxygen atoms in total. The molecule has 0 aromatic rings. The van der Waals surface area contributed by atoms with E-state index in [9.17, 15) is 4.79 Å². The molecule has 1 atom stereocenters. The van der Waals surface area contributed by atoms with Crippen molar-refractivity contribution >= 4 is 5.91 Å². The summed E-state index contributed by atoms with van der Waals surface area (Å²) in [5.41, 5.74) is 0. The average molecular weight is 256 g/mol. The van der Waals surface area contributed by atoms with Gasteiger partial charge in [-0.3, -0.25) is 4.79 Å². The van der Waals surface area contributed by atoms with Gasteiger partial charge in [0, 0.05) is 26.2 Å². The Bertz CT molecular complexity index is 226. The van der Waals surface area contributed by atoms with Crippen molar-refractivity contribution in [1.82, 2.24) is 10.6 Å². The molecule has 0 saturated heterocycles. The van der Waals surface area contributed by atoms with Crippen molar-refractivity contribution in [3.05, 3.63) is 0 Å². The van der Waals surface area contributed by atoms with Crippen molar-refractivity contribution in [3.63, 3.8) is 0 Å². The molecule has 1 aliphatic carbocycles. The molecular weight excluding hydrogens is 228 g/mol. The smallest absolute Gasteiger partial charge is 0.225 e. The molecule has 1 fully saturated rings. The Balaban J connectivity index is 2.05. The van der Waals surface area contributed by atoms with E-state index in [1.165, 1.54) is 38.5 Å². The molecule has 0 bridgehead atoms. The second-order valence-electron chi connectivity index (χ2n) is 5.29. The van der Waals surface area contributed by atoms with E-state index in [0.717, 1.165) is 6.54 Å². The van der Waals surface area contributed by atoms with Gasteiger partial charge in [-0.2, -0.15) is 0 Å². The predicted molar refractivity (Wildman–Crippen MR) is 73.5 cm³/mol. The first-order valence-electron chi connectivity index (χ1n) is 7.24. The van der Waals surface area contributed by atoms with Gasteiger partial charge in [-0.15, -0.1) is 0 Å². The highest BCUT2D eigenvalue weighted by Crippen LogP contribution is 2.16. The maximum absolute atomic E-state index is 11.6. The summed E-state index contributed by atoms with van der Waals surface area (Å²) in [6, 6.07) is 0.654. The lowest BCUT2D eigenvalue weighted by Gasteiger charge is -2.17. The Morgan fingerprint density at radius 3 is 2.50 bits per heavy atom. The van der Waals surface area contributed by atoms with Crippen molar-refractivity contribution in [1.29, 1.82) is 0 Å². The SMILES string of the molecule is COC[C@@H](C)C(=O)NCCNC1CCCCCC1. The summed E-state index contributed by atoms with van der Waals surface area (Å²) in [5.74, 6) is 0.0207. The summed E-state index contributed by atoms with van der Waals surface area (Å²) in [6.45, 7) is 3.96. The van der Waals surface area contributed by atoms with Gasteiger partial charge in [0.15, 0.2) is 0 Å². The molecule has 1 saturated carbocycles. The average Bonchev–Trinajstić information content (AvgIpc) is 2.63. The molecule has 0 aromatic carbocycles. The lowest BCUT2D eigenvalue weighted by atomic mass is 10.1. The molecule has 0 radical (unpaired) electrons. The number of amides is 1. The van der Waals surface area contributed by atoms with Gasteiger partial charge in [0.05, 0.1) is 12.5 Å². The minimum atomic E-state index is -0.0621. The van der Waals surface area contributed by atoms with Gasteiger partial charge in [-0.1, -0.05) is 32.6 Å². The number of carbonyl (C=O) groups is 1. The van der Waals surface area contributed by atoms with Gasteiger partial charge < -0.3 is 15.4 Å². The van der Waals surface area contributed by atoms with Crippen LogP contribution in [0.2, 0.25) is 0 Å². The van der Waals surface area contributed by atoms with Crippen molar-refractivity contribution in [3.8, 4) is 0 Å². The van der Waals surface area contributed by atoms with Crippen LogP contribution in [0, 0.1) is 5.92 Å². The second kappa shape index (κ2) is 9.34. The zero-order chi connectivity index (χ0) is 13.2. The fourth-order valence-corrected chi connectivity index (χ4v) is 2.45. The minimum absolute atomic E-state index is 0.0621. The van der Waals surface area contributed by atoms with Crippen LogP contribution < -0.4 is 10.6 Å². The van der Waals surface area contributed by atoms with Crippen molar-refractivity contribution in [2.45, 2.75) is 51.5 Å². The normalized spacial score (nSPS) is 19.2. The van der Waals surface area contributed by atoms with E-state index in [-0.39, 0.29) is 11.8 Å². The molecule has 4 heteroatoms. The predicted octanol–water partition coefficient (Wildman–Crippen LogP) is 1.70. The molecule has 0 spiro atoms. The van der Waals surface area contributed by atoms with Crippen molar-refractivity contribution in [2.24, 2.45) is 5.92 Å². The third kappa shape index (κ3) is 6.36. The van der Waals surface area contributed by atoms with E-state index in [1.807, 2.05) is 6.92 Å². The lowest BCUT2D eigenvalue weighted by molar-refractivity contribution is -0.125. The number of methoxy groups -OCH3 is 1. The van der Waals surface area contributed by atoms with E-state index < -0.39 is 0 Å². The molecule has 0 aromatic heterocycles. The third-order valence-corrected chi connectivity index (χ3v) is 3.58. The largest absolute Gasteiger partial charge is 0.384 e. The van der Waals surface area contributed by atoms with Gasteiger partial charge >= 0.3 is 0 Å². The zero-order valence-corrected chi connectivity index (χ0v) is 11.8. The van der Waals surface area contributed by atoms with Gasteiger partial charge in [-0.05, 0) is 12.8 Å². The van der Waals surface area contributed by atoms with Gasteiger partial charge in [0.1, 0.15) is 0 Å². The van der Waals surface area contributed by atoms with Crippen molar-refractivity contribution < 1.29 is 9.53 Å². The van der Waals surface area contributed by atoms with E-state index in [4.69, 9.17) is 4.74 Å². The molecular formula is C14H28N2O2. The van der Waals surface area contributed by atoms with E-state index in [2.05, 4.69) is 10.6 Å². The van der Waals surface area contributed by atoms with Crippen LogP contribution >= 0.6 is 0 Å².